The van der Waals surface area contributed by atoms with Gasteiger partial charge in [0.25, 0.3) is 0 Å². The lowest BCUT2D eigenvalue weighted by Crippen LogP contribution is -2.17. The van der Waals surface area contributed by atoms with Crippen molar-refractivity contribution in [2.24, 2.45) is 0 Å². The number of para-hydroxylation sites is 1. The maximum Gasteiger partial charge on any atom is 0.417 e. The van der Waals surface area contributed by atoms with Crippen LogP contribution in [0, 0.1) is 6.92 Å². The van der Waals surface area contributed by atoms with E-state index in [9.17, 15) is 4.79 Å². The highest BCUT2D eigenvalue weighted by atomic mass is 16.6. The number of carbonyl (C=O) groups excluding carboxylic acids is 1. The quantitative estimate of drug-likeness (QED) is 0.913. The maximum absolute atomic E-state index is 11.8. The van der Waals surface area contributed by atoms with E-state index < -0.39 is 6.09 Å². The summed E-state index contributed by atoms with van der Waals surface area (Å²) in [5.74, 6) is 1.09. The lowest BCUT2D eigenvalue weighted by Gasteiger charge is -2.11. The Bertz CT molecular complexity index is 567. The van der Waals surface area contributed by atoms with E-state index in [1.165, 1.54) is 0 Å². The number of nitrogens with one attached hydrogen (secondary N) is 1. The molecule has 98 valence electrons. The number of ether oxygens (including phenoxy) is 2. The lowest BCUT2D eigenvalue weighted by molar-refractivity contribution is 0.215. The molecule has 0 aromatic heterocycles. The molecule has 0 saturated heterocycles. The van der Waals surface area contributed by atoms with Crippen LogP contribution in [0.1, 0.15) is 5.56 Å². The van der Waals surface area contributed by atoms with E-state index in [1.54, 1.807) is 37.4 Å². The largest absolute Gasteiger partial charge is 0.495 e. The average Bonchev–Trinajstić information content (AvgIpc) is 2.40. The molecular weight excluding hydrogens is 242 g/mol. The summed E-state index contributed by atoms with van der Waals surface area (Å²) < 4.78 is 10.3. The smallest absolute Gasteiger partial charge is 0.417 e. The first-order valence-corrected chi connectivity index (χ1v) is 5.87. The number of hydrogen-bond acceptors (Lipinski definition) is 3. The Morgan fingerprint density at radius 3 is 2.53 bits per heavy atom. The van der Waals surface area contributed by atoms with Gasteiger partial charge in [-0.05, 0) is 36.8 Å². The number of methoxy groups -OCH3 is 1. The third-order valence-electron chi connectivity index (χ3n) is 2.55. The first kappa shape index (κ1) is 13.0. The van der Waals surface area contributed by atoms with Crippen molar-refractivity contribution in [3.63, 3.8) is 0 Å². The second-order valence-corrected chi connectivity index (χ2v) is 4.03. The zero-order valence-electron chi connectivity index (χ0n) is 10.8. The fraction of sp³-hybridized carbons (Fsp3) is 0.133. The molecule has 4 heteroatoms. The van der Waals surface area contributed by atoms with Gasteiger partial charge < -0.3 is 9.47 Å². The molecule has 0 radical (unpaired) electrons. The highest BCUT2D eigenvalue weighted by molar-refractivity contribution is 5.88. The van der Waals surface area contributed by atoms with E-state index in [0.29, 0.717) is 17.2 Å². The normalized spacial score (nSPS) is 9.79. The SMILES string of the molecule is COc1ccc(C)cc1NC(=O)Oc1ccccc1. The molecular formula is C15H15NO3. The molecule has 0 saturated carbocycles. The van der Waals surface area contributed by atoms with Crippen molar-refractivity contribution in [2.75, 3.05) is 12.4 Å². The van der Waals surface area contributed by atoms with Gasteiger partial charge >= 0.3 is 6.09 Å². The molecule has 0 aliphatic rings. The Labute approximate surface area is 112 Å². The van der Waals surface area contributed by atoms with Crippen LogP contribution in [-0.4, -0.2) is 13.2 Å². The van der Waals surface area contributed by atoms with Gasteiger partial charge in [0.15, 0.2) is 0 Å². The van der Waals surface area contributed by atoms with Gasteiger partial charge in [0.1, 0.15) is 11.5 Å². The molecule has 0 spiro atoms. The predicted molar refractivity (Wildman–Crippen MR) is 73.8 cm³/mol. The standard InChI is InChI=1S/C15H15NO3/c1-11-8-9-14(18-2)13(10-11)16-15(17)19-12-6-4-3-5-7-12/h3-10H,1-2H3,(H,16,17). The van der Waals surface area contributed by atoms with Crippen LogP contribution >= 0.6 is 0 Å². The van der Waals surface area contributed by atoms with E-state index in [2.05, 4.69) is 5.32 Å². The monoisotopic (exact) mass is 257 g/mol. The topological polar surface area (TPSA) is 47.6 Å². The lowest BCUT2D eigenvalue weighted by atomic mass is 10.2. The molecule has 1 amide bonds. The molecule has 4 nitrogen and oxygen atoms in total. The summed E-state index contributed by atoms with van der Waals surface area (Å²) >= 11 is 0. The maximum atomic E-state index is 11.8. The van der Waals surface area contributed by atoms with Crippen molar-refractivity contribution in [3.05, 3.63) is 54.1 Å². The van der Waals surface area contributed by atoms with Gasteiger partial charge in [-0.3, -0.25) is 5.32 Å². The van der Waals surface area contributed by atoms with E-state index in [0.717, 1.165) is 5.56 Å². The van der Waals surface area contributed by atoms with E-state index in [4.69, 9.17) is 9.47 Å². The van der Waals surface area contributed by atoms with E-state index in [1.807, 2.05) is 25.1 Å². The van der Waals surface area contributed by atoms with Crippen LogP contribution in [0.5, 0.6) is 11.5 Å². The average molecular weight is 257 g/mol. The minimum Gasteiger partial charge on any atom is -0.495 e. The van der Waals surface area contributed by atoms with E-state index >= 15 is 0 Å². The van der Waals surface area contributed by atoms with Gasteiger partial charge in [-0.15, -0.1) is 0 Å². The van der Waals surface area contributed by atoms with Crippen LogP contribution in [0.25, 0.3) is 0 Å². The first-order valence-electron chi connectivity index (χ1n) is 5.87. The van der Waals surface area contributed by atoms with Crippen molar-refractivity contribution in [1.82, 2.24) is 0 Å². The minimum atomic E-state index is -0.546. The fourth-order valence-corrected chi connectivity index (χ4v) is 1.65. The summed E-state index contributed by atoms with van der Waals surface area (Å²) in [6, 6.07) is 14.4. The van der Waals surface area contributed by atoms with Crippen LogP contribution in [0.15, 0.2) is 48.5 Å². The van der Waals surface area contributed by atoms with Gasteiger partial charge in [0, 0.05) is 0 Å². The summed E-state index contributed by atoms with van der Waals surface area (Å²) in [6.07, 6.45) is -0.546. The molecule has 0 aliphatic carbocycles. The zero-order valence-corrected chi connectivity index (χ0v) is 10.8. The molecule has 2 aromatic carbocycles. The molecule has 1 N–H and O–H groups in total. The number of benzene rings is 2. The molecule has 2 rings (SSSR count). The molecule has 0 aliphatic heterocycles. The Hall–Kier alpha value is -2.49. The Kier molecular flexibility index (Phi) is 4.03. The summed E-state index contributed by atoms with van der Waals surface area (Å²) in [4.78, 5) is 11.8. The van der Waals surface area contributed by atoms with Crippen molar-refractivity contribution in [2.45, 2.75) is 6.92 Å². The van der Waals surface area contributed by atoms with Gasteiger partial charge in [0.05, 0.1) is 12.8 Å². The summed E-state index contributed by atoms with van der Waals surface area (Å²) in [7, 11) is 1.55. The third kappa shape index (κ3) is 3.48. The summed E-state index contributed by atoms with van der Waals surface area (Å²) in [6.45, 7) is 1.94. The van der Waals surface area contributed by atoms with Crippen molar-refractivity contribution < 1.29 is 14.3 Å². The van der Waals surface area contributed by atoms with Crippen molar-refractivity contribution in [3.8, 4) is 11.5 Å². The molecule has 0 bridgehead atoms. The van der Waals surface area contributed by atoms with Gasteiger partial charge in [-0.1, -0.05) is 24.3 Å². The summed E-state index contributed by atoms with van der Waals surface area (Å²) in [5, 5.41) is 2.66. The van der Waals surface area contributed by atoms with Crippen LogP contribution in [0.2, 0.25) is 0 Å². The zero-order chi connectivity index (χ0) is 13.7. The highest BCUT2D eigenvalue weighted by Gasteiger charge is 2.09. The molecule has 0 heterocycles. The predicted octanol–water partition coefficient (Wildman–Crippen LogP) is 3.61. The number of anilines is 1. The van der Waals surface area contributed by atoms with E-state index in [-0.39, 0.29) is 0 Å². The molecule has 0 fully saturated rings. The van der Waals surface area contributed by atoms with Gasteiger partial charge in [-0.2, -0.15) is 0 Å². The molecule has 2 aromatic rings. The van der Waals surface area contributed by atoms with Crippen LogP contribution in [0.3, 0.4) is 0 Å². The van der Waals surface area contributed by atoms with Crippen LogP contribution in [0.4, 0.5) is 10.5 Å². The van der Waals surface area contributed by atoms with Crippen LogP contribution in [-0.2, 0) is 0 Å². The number of aryl methyl sites for hydroxylation is 1. The Morgan fingerprint density at radius 1 is 1.11 bits per heavy atom. The molecule has 0 unspecified atom stereocenters. The molecule has 19 heavy (non-hydrogen) atoms. The van der Waals surface area contributed by atoms with Crippen molar-refractivity contribution in [1.29, 1.82) is 0 Å². The number of amides is 1. The van der Waals surface area contributed by atoms with Crippen LogP contribution < -0.4 is 14.8 Å². The number of rotatable bonds is 3. The fourth-order valence-electron chi connectivity index (χ4n) is 1.65. The number of hydrogen-bond donors (Lipinski definition) is 1. The third-order valence-corrected chi connectivity index (χ3v) is 2.55. The van der Waals surface area contributed by atoms with Gasteiger partial charge in [-0.25, -0.2) is 4.79 Å². The highest BCUT2D eigenvalue weighted by Crippen LogP contribution is 2.25. The second-order valence-electron chi connectivity index (χ2n) is 4.03. The number of carbonyl (C=O) groups is 1. The Morgan fingerprint density at radius 2 is 1.84 bits per heavy atom. The van der Waals surface area contributed by atoms with Gasteiger partial charge in [0.2, 0.25) is 0 Å². The first-order chi connectivity index (χ1) is 9.19. The molecule has 0 atom stereocenters. The summed E-state index contributed by atoms with van der Waals surface area (Å²) in [5.41, 5.74) is 1.61. The van der Waals surface area contributed by atoms with Crippen molar-refractivity contribution >= 4 is 11.8 Å². The minimum absolute atomic E-state index is 0.492. The Balaban J connectivity index is 2.09. The second kappa shape index (κ2) is 5.91.